The number of fused-ring (bicyclic) bond motifs is 2. The zero-order chi connectivity index (χ0) is 23.7. The van der Waals surface area contributed by atoms with E-state index in [2.05, 4.69) is 34.4 Å². The van der Waals surface area contributed by atoms with Gasteiger partial charge in [-0.3, -0.25) is 14.4 Å². The second-order valence-electron chi connectivity index (χ2n) is 8.54. The van der Waals surface area contributed by atoms with E-state index in [0.29, 0.717) is 30.0 Å². The molecule has 3 amide bonds. The summed E-state index contributed by atoms with van der Waals surface area (Å²) >= 11 is 0. The fraction of sp³-hybridized carbons (Fsp3) is 0.400. The van der Waals surface area contributed by atoms with Crippen LogP contribution in [-0.2, 0) is 16.0 Å². The molecule has 0 unspecified atom stereocenters. The summed E-state index contributed by atoms with van der Waals surface area (Å²) in [5.74, 6) is -0.329. The normalized spacial score (nSPS) is 16.3. The van der Waals surface area contributed by atoms with Gasteiger partial charge in [-0.15, -0.1) is 0 Å². The summed E-state index contributed by atoms with van der Waals surface area (Å²) in [7, 11) is 0. The Balaban J connectivity index is 1.62. The van der Waals surface area contributed by atoms with Gasteiger partial charge in [0.2, 0.25) is 5.91 Å². The largest absolute Gasteiger partial charge is 0.358 e. The van der Waals surface area contributed by atoms with E-state index >= 15 is 0 Å². The standard InChI is InChI=1S/C25H31N5O3/c1-5-29(6-2)11-12-30-10-9-21-23(25(30)33)15(3)22(27-21)14-19-18-13-17(26-16(4)31)7-8-20(18)28-24(19)32/h7-8,13-14,27H,5-6,9-12H2,1-4H3,(H,26,31)(H,28,32)/b19-14+. The molecule has 0 fully saturated rings. The molecule has 4 rings (SSSR count). The second kappa shape index (κ2) is 9.23. The lowest BCUT2D eigenvalue weighted by molar-refractivity contribution is -0.114. The van der Waals surface area contributed by atoms with Gasteiger partial charge in [-0.1, -0.05) is 13.8 Å². The molecule has 0 saturated carbocycles. The SMILES string of the molecule is CCN(CC)CCN1CCc2[nH]c(/C=C3/C(=O)Nc4ccc(NC(C)=O)cc43)c(C)c2C1=O. The Labute approximate surface area is 194 Å². The molecule has 3 heterocycles. The predicted octanol–water partition coefficient (Wildman–Crippen LogP) is 3.11. The molecule has 0 bridgehead atoms. The first-order valence-electron chi connectivity index (χ1n) is 11.5. The van der Waals surface area contributed by atoms with E-state index in [-0.39, 0.29) is 17.7 Å². The number of hydrogen-bond donors (Lipinski definition) is 3. The Morgan fingerprint density at radius 2 is 2.00 bits per heavy atom. The number of amides is 3. The smallest absolute Gasteiger partial charge is 0.256 e. The summed E-state index contributed by atoms with van der Waals surface area (Å²) < 4.78 is 0. The van der Waals surface area contributed by atoms with Crippen molar-refractivity contribution in [1.29, 1.82) is 0 Å². The first-order valence-corrected chi connectivity index (χ1v) is 11.5. The maximum Gasteiger partial charge on any atom is 0.256 e. The van der Waals surface area contributed by atoms with Gasteiger partial charge in [0.25, 0.3) is 11.8 Å². The Hall–Kier alpha value is -3.39. The highest BCUT2D eigenvalue weighted by Gasteiger charge is 2.30. The van der Waals surface area contributed by atoms with Crippen molar-refractivity contribution in [3.8, 4) is 0 Å². The molecule has 2 aliphatic heterocycles. The predicted molar refractivity (Wildman–Crippen MR) is 130 cm³/mol. The number of rotatable bonds is 7. The molecule has 174 valence electrons. The number of likely N-dealkylation sites (N-methyl/N-ethyl adjacent to an activating group) is 1. The van der Waals surface area contributed by atoms with Crippen molar-refractivity contribution in [2.45, 2.75) is 34.1 Å². The van der Waals surface area contributed by atoms with E-state index < -0.39 is 0 Å². The third kappa shape index (κ3) is 4.43. The highest BCUT2D eigenvalue weighted by molar-refractivity contribution is 6.35. The highest BCUT2D eigenvalue weighted by atomic mass is 16.2. The number of hydrogen-bond acceptors (Lipinski definition) is 4. The monoisotopic (exact) mass is 449 g/mol. The van der Waals surface area contributed by atoms with Crippen LogP contribution in [0.15, 0.2) is 18.2 Å². The van der Waals surface area contributed by atoms with E-state index in [1.165, 1.54) is 6.92 Å². The van der Waals surface area contributed by atoms with Crippen molar-refractivity contribution in [3.05, 3.63) is 46.3 Å². The van der Waals surface area contributed by atoms with Gasteiger partial charge >= 0.3 is 0 Å². The van der Waals surface area contributed by atoms with Crippen LogP contribution in [0.4, 0.5) is 11.4 Å². The van der Waals surface area contributed by atoms with Crippen molar-refractivity contribution < 1.29 is 14.4 Å². The van der Waals surface area contributed by atoms with Crippen molar-refractivity contribution >= 4 is 40.7 Å². The Kier molecular flexibility index (Phi) is 6.37. The first-order chi connectivity index (χ1) is 15.8. The first kappa shape index (κ1) is 22.8. The molecule has 0 atom stereocenters. The summed E-state index contributed by atoms with van der Waals surface area (Å²) in [5, 5.41) is 5.63. The summed E-state index contributed by atoms with van der Waals surface area (Å²) in [4.78, 5) is 45.0. The molecule has 3 N–H and O–H groups in total. The summed E-state index contributed by atoms with van der Waals surface area (Å²) in [5.41, 5.74) is 5.83. The summed E-state index contributed by atoms with van der Waals surface area (Å²) in [6.07, 6.45) is 2.57. The van der Waals surface area contributed by atoms with E-state index in [9.17, 15) is 14.4 Å². The molecular formula is C25H31N5O3. The minimum atomic E-state index is -0.205. The maximum atomic E-state index is 13.2. The van der Waals surface area contributed by atoms with Crippen molar-refractivity contribution in [3.63, 3.8) is 0 Å². The van der Waals surface area contributed by atoms with Crippen LogP contribution < -0.4 is 10.6 Å². The number of carbonyl (C=O) groups is 3. The lowest BCUT2D eigenvalue weighted by atomic mass is 10.0. The van der Waals surface area contributed by atoms with E-state index in [0.717, 1.165) is 54.1 Å². The number of anilines is 2. The van der Waals surface area contributed by atoms with Gasteiger partial charge in [0.1, 0.15) is 0 Å². The molecule has 0 spiro atoms. The number of aromatic nitrogens is 1. The summed E-state index contributed by atoms with van der Waals surface area (Å²) in [6.45, 7) is 11.8. The second-order valence-corrected chi connectivity index (χ2v) is 8.54. The maximum absolute atomic E-state index is 13.2. The zero-order valence-corrected chi connectivity index (χ0v) is 19.7. The number of carbonyl (C=O) groups excluding carboxylic acids is 3. The van der Waals surface area contributed by atoms with Crippen LogP contribution in [0.2, 0.25) is 0 Å². The van der Waals surface area contributed by atoms with Gasteiger partial charge in [0.05, 0.1) is 11.1 Å². The third-order valence-corrected chi connectivity index (χ3v) is 6.49. The lowest BCUT2D eigenvalue weighted by Crippen LogP contribution is -2.42. The molecule has 1 aromatic heterocycles. The van der Waals surface area contributed by atoms with Crippen LogP contribution in [0, 0.1) is 6.92 Å². The molecular weight excluding hydrogens is 418 g/mol. The van der Waals surface area contributed by atoms with Crippen LogP contribution >= 0.6 is 0 Å². The Morgan fingerprint density at radius 3 is 2.70 bits per heavy atom. The number of nitrogens with one attached hydrogen (secondary N) is 3. The molecule has 8 heteroatoms. The average Bonchev–Trinajstić information content (AvgIpc) is 3.26. The van der Waals surface area contributed by atoms with E-state index in [1.54, 1.807) is 24.3 Å². The number of aromatic amines is 1. The minimum absolute atomic E-state index is 0.0472. The Morgan fingerprint density at radius 1 is 1.24 bits per heavy atom. The molecule has 8 nitrogen and oxygen atoms in total. The van der Waals surface area contributed by atoms with Crippen molar-refractivity contribution in [2.24, 2.45) is 0 Å². The van der Waals surface area contributed by atoms with Crippen LogP contribution in [0.1, 0.15) is 53.6 Å². The molecule has 0 saturated heterocycles. The van der Waals surface area contributed by atoms with E-state index in [4.69, 9.17) is 0 Å². The van der Waals surface area contributed by atoms with Crippen molar-refractivity contribution in [1.82, 2.24) is 14.8 Å². The number of nitrogens with zero attached hydrogens (tertiary/aromatic N) is 2. The fourth-order valence-electron chi connectivity index (χ4n) is 4.58. The van der Waals surface area contributed by atoms with Gasteiger partial charge in [-0.25, -0.2) is 0 Å². The van der Waals surface area contributed by atoms with Gasteiger partial charge in [-0.2, -0.15) is 0 Å². The fourth-order valence-corrected chi connectivity index (χ4v) is 4.58. The van der Waals surface area contributed by atoms with Crippen LogP contribution in [0.25, 0.3) is 11.6 Å². The minimum Gasteiger partial charge on any atom is -0.358 e. The average molecular weight is 450 g/mol. The van der Waals surface area contributed by atoms with Crippen molar-refractivity contribution in [2.75, 3.05) is 43.4 Å². The lowest BCUT2D eigenvalue weighted by Gasteiger charge is -2.29. The quantitative estimate of drug-likeness (QED) is 0.566. The Bertz CT molecular complexity index is 1140. The molecule has 0 radical (unpaired) electrons. The van der Waals surface area contributed by atoms with Crippen LogP contribution in [-0.4, -0.2) is 65.2 Å². The topological polar surface area (TPSA) is 97.5 Å². The van der Waals surface area contributed by atoms with Crippen LogP contribution in [0.5, 0.6) is 0 Å². The highest BCUT2D eigenvalue weighted by Crippen LogP contribution is 2.36. The van der Waals surface area contributed by atoms with E-state index in [1.807, 2.05) is 11.8 Å². The molecule has 2 aliphatic rings. The molecule has 2 aromatic rings. The van der Waals surface area contributed by atoms with Crippen LogP contribution in [0.3, 0.4) is 0 Å². The summed E-state index contributed by atoms with van der Waals surface area (Å²) in [6, 6.07) is 5.33. The third-order valence-electron chi connectivity index (χ3n) is 6.49. The molecule has 33 heavy (non-hydrogen) atoms. The molecule has 1 aromatic carbocycles. The number of benzene rings is 1. The van der Waals surface area contributed by atoms with Gasteiger partial charge < -0.3 is 25.4 Å². The molecule has 0 aliphatic carbocycles. The zero-order valence-electron chi connectivity index (χ0n) is 19.7. The number of H-pyrrole nitrogens is 1. The van der Waals surface area contributed by atoms with Gasteiger partial charge in [0.15, 0.2) is 0 Å². The van der Waals surface area contributed by atoms with Gasteiger partial charge in [0, 0.05) is 61.3 Å². The van der Waals surface area contributed by atoms with Gasteiger partial charge in [-0.05, 0) is 49.9 Å².